The van der Waals surface area contributed by atoms with Gasteiger partial charge in [-0.1, -0.05) is 66.5 Å². The fraction of sp³-hybridized carbons (Fsp3) is 0.333. The maximum atomic E-state index is 12.0. The Morgan fingerprint density at radius 3 is 2.77 bits per heavy atom. The average Bonchev–Trinajstić information content (AvgIpc) is 2.67. The van der Waals surface area contributed by atoms with Crippen molar-refractivity contribution in [3.63, 3.8) is 0 Å². The fourth-order valence-corrected chi connectivity index (χ4v) is 3.66. The van der Waals surface area contributed by atoms with Gasteiger partial charge < -0.3 is 0 Å². The van der Waals surface area contributed by atoms with Crippen LogP contribution in [0.3, 0.4) is 0 Å². The van der Waals surface area contributed by atoms with Crippen molar-refractivity contribution in [3.05, 3.63) is 65.2 Å². The fourth-order valence-electron chi connectivity index (χ4n) is 3.47. The molecule has 1 aliphatic rings. The summed E-state index contributed by atoms with van der Waals surface area (Å²) < 4.78 is 0. The van der Waals surface area contributed by atoms with E-state index in [1.807, 2.05) is 6.07 Å². The van der Waals surface area contributed by atoms with Gasteiger partial charge >= 0.3 is 6.09 Å². The molecule has 0 spiro atoms. The number of amides is 1. The molecule has 4 nitrogen and oxygen atoms in total. The Morgan fingerprint density at radius 1 is 1.19 bits per heavy atom. The minimum Gasteiger partial charge on any atom is -0.298 e. The maximum Gasteiger partial charge on any atom is 0.437 e. The molecule has 0 aromatic heterocycles. The minimum absolute atomic E-state index is 0.296. The predicted molar refractivity (Wildman–Crippen MR) is 106 cm³/mol. The van der Waals surface area contributed by atoms with Gasteiger partial charge in [0.2, 0.25) is 0 Å². The zero-order valence-electron chi connectivity index (χ0n) is 14.8. The zero-order valence-corrected chi connectivity index (χ0v) is 15.6. The van der Waals surface area contributed by atoms with Crippen molar-refractivity contribution in [2.24, 2.45) is 11.1 Å². The summed E-state index contributed by atoms with van der Waals surface area (Å²) in [5.74, 6) is 0.639. The Morgan fingerprint density at radius 2 is 2.00 bits per heavy atom. The van der Waals surface area contributed by atoms with Crippen LogP contribution in [0, 0.1) is 5.92 Å². The largest absolute Gasteiger partial charge is 0.437 e. The van der Waals surface area contributed by atoms with E-state index in [1.54, 1.807) is 24.3 Å². The summed E-state index contributed by atoms with van der Waals surface area (Å²) >= 11 is 5.92. The summed E-state index contributed by atoms with van der Waals surface area (Å²) in [5, 5.41) is 7.40. The van der Waals surface area contributed by atoms with Crippen molar-refractivity contribution in [2.45, 2.75) is 38.5 Å². The Balaban J connectivity index is 1.66. The highest BCUT2D eigenvalue weighted by Crippen LogP contribution is 2.34. The van der Waals surface area contributed by atoms with E-state index in [0.29, 0.717) is 22.5 Å². The Bertz CT molecular complexity index is 777. The van der Waals surface area contributed by atoms with Gasteiger partial charge in [0.15, 0.2) is 0 Å². The number of nitrogens with zero attached hydrogens (tertiary/aromatic N) is 1. The molecule has 3 rings (SSSR count). The van der Waals surface area contributed by atoms with Crippen LogP contribution in [0.15, 0.2) is 59.8 Å². The van der Waals surface area contributed by atoms with E-state index >= 15 is 0 Å². The molecule has 0 saturated heterocycles. The van der Waals surface area contributed by atoms with Crippen LogP contribution in [0.2, 0.25) is 5.02 Å². The van der Waals surface area contributed by atoms with Crippen LogP contribution in [-0.2, 0) is 4.84 Å². The lowest BCUT2D eigenvalue weighted by Gasteiger charge is -2.29. The zero-order chi connectivity index (χ0) is 18.4. The lowest BCUT2D eigenvalue weighted by Crippen LogP contribution is -2.25. The standard InChI is InChI=1S/C21H23ClN2O2/c1-15(16-8-3-2-4-9-16)19-12-5-6-13-20(19)24-26-21(25)23-18-11-7-10-17(22)14-18/h2-4,7-11,14-15,19H,5-6,12-13H2,1H3,(H,23,25)/b24-20+. The van der Waals surface area contributed by atoms with Gasteiger partial charge in [-0.25, -0.2) is 4.79 Å². The van der Waals surface area contributed by atoms with Gasteiger partial charge in [-0.15, -0.1) is 0 Å². The monoisotopic (exact) mass is 370 g/mol. The van der Waals surface area contributed by atoms with E-state index in [4.69, 9.17) is 16.4 Å². The first-order valence-electron chi connectivity index (χ1n) is 8.99. The average molecular weight is 371 g/mol. The Kier molecular flexibility index (Phi) is 6.29. The third kappa shape index (κ3) is 4.85. The van der Waals surface area contributed by atoms with Crippen LogP contribution in [0.25, 0.3) is 0 Å². The number of nitrogens with one attached hydrogen (secondary N) is 1. The van der Waals surface area contributed by atoms with Gasteiger partial charge in [0.1, 0.15) is 0 Å². The van der Waals surface area contributed by atoms with Crippen molar-refractivity contribution in [3.8, 4) is 0 Å². The molecule has 1 N–H and O–H groups in total. The molecule has 0 bridgehead atoms. The Hall–Kier alpha value is -2.33. The molecule has 136 valence electrons. The second-order valence-corrected chi connectivity index (χ2v) is 7.08. The van der Waals surface area contributed by atoms with E-state index in [2.05, 4.69) is 41.7 Å². The summed E-state index contributed by atoms with van der Waals surface area (Å²) in [7, 11) is 0. The molecule has 1 aliphatic carbocycles. The number of carbonyl (C=O) groups is 1. The highest BCUT2D eigenvalue weighted by Gasteiger charge is 2.27. The molecular formula is C21H23ClN2O2. The third-order valence-electron chi connectivity index (χ3n) is 4.87. The van der Waals surface area contributed by atoms with Crippen molar-refractivity contribution >= 4 is 29.1 Å². The molecule has 1 fully saturated rings. The second-order valence-electron chi connectivity index (χ2n) is 6.65. The molecule has 0 aliphatic heterocycles. The summed E-state index contributed by atoms with van der Waals surface area (Å²) in [6.07, 6.45) is 3.59. The number of carbonyl (C=O) groups excluding carboxylic acids is 1. The number of benzene rings is 2. The first-order chi connectivity index (χ1) is 12.6. The van der Waals surface area contributed by atoms with Crippen LogP contribution < -0.4 is 5.32 Å². The molecule has 5 heteroatoms. The van der Waals surface area contributed by atoms with Gasteiger partial charge in [-0.3, -0.25) is 10.2 Å². The molecule has 2 aromatic carbocycles. The topological polar surface area (TPSA) is 50.7 Å². The molecule has 2 atom stereocenters. The molecule has 1 amide bonds. The van der Waals surface area contributed by atoms with Crippen LogP contribution in [-0.4, -0.2) is 11.8 Å². The Labute approximate surface area is 159 Å². The van der Waals surface area contributed by atoms with Crippen molar-refractivity contribution in [1.29, 1.82) is 0 Å². The van der Waals surface area contributed by atoms with Gasteiger partial charge in [0.05, 0.1) is 5.71 Å². The number of hydrogen-bond donors (Lipinski definition) is 1. The van der Waals surface area contributed by atoms with Gasteiger partial charge in [-0.05, 0) is 48.9 Å². The number of rotatable bonds is 4. The lowest BCUT2D eigenvalue weighted by atomic mass is 9.76. The molecule has 26 heavy (non-hydrogen) atoms. The van der Waals surface area contributed by atoms with Crippen LogP contribution in [0.5, 0.6) is 0 Å². The number of anilines is 1. The van der Waals surface area contributed by atoms with Gasteiger partial charge in [0, 0.05) is 16.6 Å². The van der Waals surface area contributed by atoms with E-state index in [0.717, 1.165) is 25.0 Å². The van der Waals surface area contributed by atoms with Crippen LogP contribution in [0.1, 0.15) is 44.1 Å². The van der Waals surface area contributed by atoms with Crippen molar-refractivity contribution < 1.29 is 9.63 Å². The molecule has 1 saturated carbocycles. The number of halogens is 1. The van der Waals surface area contributed by atoms with Crippen LogP contribution in [0.4, 0.5) is 10.5 Å². The summed E-state index contributed by atoms with van der Waals surface area (Å²) in [4.78, 5) is 17.2. The highest BCUT2D eigenvalue weighted by atomic mass is 35.5. The molecule has 0 radical (unpaired) electrons. The van der Waals surface area contributed by atoms with Crippen molar-refractivity contribution in [2.75, 3.05) is 5.32 Å². The van der Waals surface area contributed by atoms with Gasteiger partial charge in [-0.2, -0.15) is 0 Å². The minimum atomic E-state index is -0.601. The first-order valence-corrected chi connectivity index (χ1v) is 9.36. The number of hydrogen-bond acceptors (Lipinski definition) is 3. The van der Waals surface area contributed by atoms with E-state index in [9.17, 15) is 4.79 Å². The molecular weight excluding hydrogens is 348 g/mol. The summed E-state index contributed by atoms with van der Waals surface area (Å²) in [6, 6.07) is 17.3. The second kappa shape index (κ2) is 8.86. The normalized spacial score (nSPS) is 19.8. The number of oxime groups is 1. The molecule has 2 aromatic rings. The summed E-state index contributed by atoms with van der Waals surface area (Å²) in [6.45, 7) is 2.22. The molecule has 2 unspecified atom stereocenters. The highest BCUT2D eigenvalue weighted by molar-refractivity contribution is 6.30. The SMILES string of the molecule is CC(c1ccccc1)C1CCCC/C1=N\OC(=O)Nc1cccc(Cl)c1. The first kappa shape index (κ1) is 18.5. The third-order valence-corrected chi connectivity index (χ3v) is 5.11. The molecule has 0 heterocycles. The van der Waals surface area contributed by atoms with Gasteiger partial charge in [0.25, 0.3) is 0 Å². The summed E-state index contributed by atoms with van der Waals surface area (Å²) in [5.41, 5.74) is 2.84. The van der Waals surface area contributed by atoms with Crippen molar-refractivity contribution in [1.82, 2.24) is 0 Å². The predicted octanol–water partition coefficient (Wildman–Crippen LogP) is 6.24. The van der Waals surface area contributed by atoms with E-state index in [-0.39, 0.29) is 0 Å². The maximum absolute atomic E-state index is 12.0. The smallest absolute Gasteiger partial charge is 0.298 e. The quantitative estimate of drug-likeness (QED) is 0.511. The van der Waals surface area contributed by atoms with Crippen LogP contribution >= 0.6 is 11.6 Å². The van der Waals surface area contributed by atoms with E-state index < -0.39 is 6.09 Å². The van der Waals surface area contributed by atoms with E-state index in [1.165, 1.54) is 12.0 Å². The lowest BCUT2D eigenvalue weighted by molar-refractivity contribution is 0.164.